The van der Waals surface area contributed by atoms with Gasteiger partial charge in [-0.3, -0.25) is 0 Å². The first-order chi connectivity index (χ1) is 12.2. The van der Waals surface area contributed by atoms with Crippen molar-refractivity contribution in [2.45, 2.75) is 39.3 Å². The van der Waals surface area contributed by atoms with Crippen LogP contribution in [0.15, 0.2) is 30.3 Å². The van der Waals surface area contributed by atoms with E-state index < -0.39 is 17.7 Å². The molecule has 0 bridgehead atoms. The summed E-state index contributed by atoms with van der Waals surface area (Å²) in [6.07, 6.45) is -0.0105. The number of benzene rings is 1. The number of carbonyl (C=O) groups is 2. The summed E-state index contributed by atoms with van der Waals surface area (Å²) in [6.45, 7) is 5.93. The van der Waals surface area contributed by atoms with Crippen molar-refractivity contribution in [3.63, 3.8) is 0 Å². The number of aromatic carboxylic acids is 1. The van der Waals surface area contributed by atoms with Crippen LogP contribution in [0.25, 0.3) is 11.4 Å². The van der Waals surface area contributed by atoms with Gasteiger partial charge in [0, 0.05) is 24.1 Å². The van der Waals surface area contributed by atoms with Gasteiger partial charge in [0.2, 0.25) is 0 Å². The van der Waals surface area contributed by atoms with E-state index in [9.17, 15) is 14.7 Å². The van der Waals surface area contributed by atoms with Crippen LogP contribution in [0.5, 0.6) is 0 Å². The molecule has 2 heterocycles. The van der Waals surface area contributed by atoms with E-state index >= 15 is 0 Å². The van der Waals surface area contributed by atoms with Crippen LogP contribution in [-0.4, -0.2) is 44.2 Å². The zero-order chi connectivity index (χ0) is 18.9. The monoisotopic (exact) mass is 355 g/mol. The predicted octanol–water partition coefficient (Wildman–Crippen LogP) is 3.14. The highest BCUT2D eigenvalue weighted by Crippen LogP contribution is 2.25. The van der Waals surface area contributed by atoms with E-state index in [1.807, 2.05) is 30.3 Å². The van der Waals surface area contributed by atoms with Crippen LogP contribution in [0.3, 0.4) is 0 Å². The van der Waals surface area contributed by atoms with E-state index in [0.717, 1.165) is 5.56 Å². The summed E-state index contributed by atoms with van der Waals surface area (Å²) in [5.41, 5.74) is 1.21. The number of hydrogen-bond donors (Lipinski definition) is 1. The molecule has 0 radical (unpaired) electrons. The van der Waals surface area contributed by atoms with Gasteiger partial charge in [-0.25, -0.2) is 19.6 Å². The van der Waals surface area contributed by atoms with Crippen molar-refractivity contribution in [3.8, 4) is 11.4 Å². The summed E-state index contributed by atoms with van der Waals surface area (Å²) in [6, 6.07) is 9.25. The van der Waals surface area contributed by atoms with Crippen molar-refractivity contribution in [1.82, 2.24) is 14.9 Å². The number of fused-ring (bicyclic) bond motifs is 1. The second-order valence-corrected chi connectivity index (χ2v) is 7.14. The van der Waals surface area contributed by atoms with Crippen molar-refractivity contribution in [3.05, 3.63) is 47.3 Å². The van der Waals surface area contributed by atoms with Crippen LogP contribution in [0.1, 0.15) is 42.5 Å². The first-order valence-corrected chi connectivity index (χ1v) is 8.41. The summed E-state index contributed by atoms with van der Waals surface area (Å²) in [5, 5.41) is 9.60. The van der Waals surface area contributed by atoms with E-state index in [1.165, 1.54) is 4.90 Å². The number of hydrogen-bond acceptors (Lipinski definition) is 5. The van der Waals surface area contributed by atoms with Crippen molar-refractivity contribution < 1.29 is 19.4 Å². The van der Waals surface area contributed by atoms with Crippen LogP contribution < -0.4 is 0 Å². The second kappa shape index (κ2) is 6.74. The van der Waals surface area contributed by atoms with Gasteiger partial charge in [0.05, 0.1) is 12.2 Å². The number of rotatable bonds is 2. The first kappa shape index (κ1) is 17.8. The lowest BCUT2D eigenvalue weighted by Crippen LogP contribution is -2.41. The fraction of sp³-hybridized carbons (Fsp3) is 0.368. The van der Waals surface area contributed by atoms with Gasteiger partial charge >= 0.3 is 12.1 Å². The minimum Gasteiger partial charge on any atom is -0.476 e. The zero-order valence-corrected chi connectivity index (χ0v) is 15.0. The highest BCUT2D eigenvalue weighted by molar-refractivity contribution is 5.88. The molecule has 7 nitrogen and oxygen atoms in total. The molecule has 1 aromatic carbocycles. The van der Waals surface area contributed by atoms with Crippen LogP contribution in [0.2, 0.25) is 0 Å². The molecule has 1 amide bonds. The molecule has 1 N–H and O–H groups in total. The highest BCUT2D eigenvalue weighted by Gasteiger charge is 2.30. The Kier molecular flexibility index (Phi) is 4.63. The average molecular weight is 355 g/mol. The van der Waals surface area contributed by atoms with Gasteiger partial charge in [-0.05, 0) is 20.8 Å². The van der Waals surface area contributed by atoms with Gasteiger partial charge < -0.3 is 14.7 Å². The minimum absolute atomic E-state index is 0.0675. The maximum atomic E-state index is 12.3. The summed E-state index contributed by atoms with van der Waals surface area (Å²) in [7, 11) is 0. The standard InChI is InChI=1S/C19H21N3O4/c1-19(2,3)26-18(25)22-10-9-14-13(11-22)15(17(23)24)21-16(20-14)12-7-5-4-6-8-12/h4-8H,9-11H2,1-3H3,(H,23,24). The molecule has 0 aliphatic carbocycles. The molecule has 2 aromatic rings. The van der Waals surface area contributed by atoms with E-state index in [0.29, 0.717) is 30.0 Å². The number of ether oxygens (including phenoxy) is 1. The summed E-state index contributed by atoms with van der Waals surface area (Å²) in [5.74, 6) is -0.751. The van der Waals surface area contributed by atoms with Crippen molar-refractivity contribution in [2.24, 2.45) is 0 Å². The van der Waals surface area contributed by atoms with Crippen molar-refractivity contribution >= 4 is 12.1 Å². The van der Waals surface area contributed by atoms with Gasteiger partial charge in [0.25, 0.3) is 0 Å². The fourth-order valence-corrected chi connectivity index (χ4v) is 2.79. The number of carbonyl (C=O) groups excluding carboxylic acids is 1. The minimum atomic E-state index is -1.13. The highest BCUT2D eigenvalue weighted by atomic mass is 16.6. The largest absolute Gasteiger partial charge is 0.476 e. The normalized spacial score (nSPS) is 13.9. The van der Waals surface area contributed by atoms with Gasteiger partial charge in [-0.1, -0.05) is 30.3 Å². The van der Waals surface area contributed by atoms with E-state index in [1.54, 1.807) is 20.8 Å². The Labute approximate surface area is 151 Å². The number of carboxylic acid groups (broad SMARTS) is 1. The molecule has 1 aliphatic heterocycles. The molecule has 3 rings (SSSR count). The van der Waals surface area contributed by atoms with Crippen LogP contribution in [-0.2, 0) is 17.7 Å². The smallest absolute Gasteiger partial charge is 0.410 e. The molecule has 0 spiro atoms. The maximum absolute atomic E-state index is 12.3. The zero-order valence-electron chi connectivity index (χ0n) is 15.0. The molecular weight excluding hydrogens is 334 g/mol. The quantitative estimate of drug-likeness (QED) is 0.890. The van der Waals surface area contributed by atoms with Gasteiger partial charge in [0.15, 0.2) is 11.5 Å². The Balaban J connectivity index is 1.95. The Hall–Kier alpha value is -2.96. The average Bonchev–Trinajstić information content (AvgIpc) is 2.59. The van der Waals surface area contributed by atoms with E-state index in [2.05, 4.69) is 9.97 Å². The van der Waals surface area contributed by atoms with Crippen molar-refractivity contribution in [2.75, 3.05) is 6.54 Å². The molecule has 1 aromatic heterocycles. The molecule has 0 unspecified atom stereocenters. The lowest BCUT2D eigenvalue weighted by molar-refractivity contribution is 0.0219. The summed E-state index contributed by atoms with van der Waals surface area (Å²) >= 11 is 0. The molecule has 0 saturated heterocycles. The SMILES string of the molecule is CC(C)(C)OC(=O)N1CCc2nc(-c3ccccc3)nc(C(=O)O)c2C1. The molecule has 0 atom stereocenters. The molecule has 26 heavy (non-hydrogen) atoms. The molecule has 1 aliphatic rings. The summed E-state index contributed by atoms with van der Waals surface area (Å²) in [4.78, 5) is 34.3. The van der Waals surface area contributed by atoms with Crippen LogP contribution >= 0.6 is 0 Å². The molecule has 0 fully saturated rings. The number of nitrogens with zero attached hydrogens (tertiary/aromatic N) is 3. The van der Waals surface area contributed by atoms with Crippen molar-refractivity contribution in [1.29, 1.82) is 0 Å². The maximum Gasteiger partial charge on any atom is 0.410 e. The lowest BCUT2D eigenvalue weighted by atomic mass is 10.0. The molecule has 136 valence electrons. The third kappa shape index (κ3) is 3.82. The molecule has 7 heteroatoms. The number of aromatic nitrogens is 2. The predicted molar refractivity (Wildman–Crippen MR) is 94.8 cm³/mol. The van der Waals surface area contributed by atoms with Crippen LogP contribution in [0, 0.1) is 0 Å². The third-order valence-corrected chi connectivity index (χ3v) is 3.95. The van der Waals surface area contributed by atoms with E-state index in [4.69, 9.17) is 4.74 Å². The Morgan fingerprint density at radius 2 is 1.85 bits per heavy atom. The number of amides is 1. The second-order valence-electron chi connectivity index (χ2n) is 7.14. The Morgan fingerprint density at radius 1 is 1.15 bits per heavy atom. The Bertz CT molecular complexity index is 844. The molecule has 0 saturated carbocycles. The Morgan fingerprint density at radius 3 is 2.46 bits per heavy atom. The van der Waals surface area contributed by atoms with Crippen LogP contribution in [0.4, 0.5) is 4.79 Å². The van der Waals surface area contributed by atoms with Gasteiger partial charge in [-0.2, -0.15) is 0 Å². The molecular formula is C19H21N3O4. The topological polar surface area (TPSA) is 92.6 Å². The van der Waals surface area contributed by atoms with Gasteiger partial charge in [-0.15, -0.1) is 0 Å². The first-order valence-electron chi connectivity index (χ1n) is 8.41. The lowest BCUT2D eigenvalue weighted by Gasteiger charge is -2.31. The summed E-state index contributed by atoms with van der Waals surface area (Å²) < 4.78 is 5.38. The van der Waals surface area contributed by atoms with E-state index in [-0.39, 0.29) is 12.2 Å². The third-order valence-electron chi connectivity index (χ3n) is 3.95. The fourth-order valence-electron chi connectivity index (χ4n) is 2.79. The van der Waals surface area contributed by atoms with Gasteiger partial charge in [0.1, 0.15) is 5.60 Å². The number of carboxylic acids is 1.